The highest BCUT2D eigenvalue weighted by molar-refractivity contribution is 5.75. The van der Waals surface area contributed by atoms with Gasteiger partial charge < -0.3 is 10.3 Å². The zero-order chi connectivity index (χ0) is 12.0. The lowest BCUT2D eigenvalue weighted by atomic mass is 9.92. The van der Waals surface area contributed by atoms with E-state index in [-0.39, 0.29) is 5.41 Å². The molecule has 2 aromatic rings. The number of rotatable bonds is 3. The molecule has 0 unspecified atom stereocenters. The highest BCUT2D eigenvalue weighted by atomic mass is 15.1. The van der Waals surface area contributed by atoms with Crippen LogP contribution in [0.1, 0.15) is 38.6 Å². The van der Waals surface area contributed by atoms with Gasteiger partial charge in [0.15, 0.2) is 0 Å². The summed E-state index contributed by atoms with van der Waals surface area (Å²) in [5.74, 6) is 1.10. The van der Waals surface area contributed by atoms with Gasteiger partial charge in [-0.25, -0.2) is 4.98 Å². The standard InChI is InChI=1S/C13H18N4/c1-13(2,8-14)12-16-10-7-15-6-5-11(10)17(12)9-3-4-9/h5-7,9H,3-4,8,14H2,1-2H3. The van der Waals surface area contributed by atoms with Crippen molar-refractivity contribution >= 4 is 11.0 Å². The van der Waals surface area contributed by atoms with Gasteiger partial charge in [-0.2, -0.15) is 0 Å². The molecule has 4 heteroatoms. The quantitative estimate of drug-likeness (QED) is 0.877. The first-order valence-electron chi connectivity index (χ1n) is 6.16. The lowest BCUT2D eigenvalue weighted by molar-refractivity contribution is 0.473. The SMILES string of the molecule is CC(C)(CN)c1nc2cnccc2n1C1CC1. The van der Waals surface area contributed by atoms with E-state index in [9.17, 15) is 0 Å². The van der Waals surface area contributed by atoms with Crippen LogP contribution in [0.4, 0.5) is 0 Å². The van der Waals surface area contributed by atoms with E-state index >= 15 is 0 Å². The lowest BCUT2D eigenvalue weighted by Gasteiger charge is -2.23. The molecule has 0 saturated heterocycles. The van der Waals surface area contributed by atoms with Gasteiger partial charge in [0, 0.05) is 24.2 Å². The van der Waals surface area contributed by atoms with Crippen molar-refractivity contribution in [3.05, 3.63) is 24.3 Å². The lowest BCUT2D eigenvalue weighted by Crippen LogP contribution is -2.31. The van der Waals surface area contributed by atoms with E-state index in [4.69, 9.17) is 10.7 Å². The van der Waals surface area contributed by atoms with Crippen LogP contribution in [-0.2, 0) is 5.41 Å². The molecule has 1 aliphatic carbocycles. The summed E-state index contributed by atoms with van der Waals surface area (Å²) in [6.45, 7) is 4.91. The minimum atomic E-state index is -0.0817. The molecule has 1 saturated carbocycles. The van der Waals surface area contributed by atoms with Gasteiger partial charge in [0.25, 0.3) is 0 Å². The van der Waals surface area contributed by atoms with Gasteiger partial charge in [-0.15, -0.1) is 0 Å². The number of hydrogen-bond donors (Lipinski definition) is 1. The highest BCUT2D eigenvalue weighted by Crippen LogP contribution is 2.40. The van der Waals surface area contributed by atoms with Crippen LogP contribution in [0.3, 0.4) is 0 Å². The molecule has 1 aliphatic rings. The number of fused-ring (bicyclic) bond motifs is 1. The molecule has 2 aromatic heterocycles. The van der Waals surface area contributed by atoms with Gasteiger partial charge in [-0.3, -0.25) is 4.98 Å². The van der Waals surface area contributed by atoms with Gasteiger partial charge in [0.2, 0.25) is 0 Å². The first-order valence-corrected chi connectivity index (χ1v) is 6.16. The third-order valence-electron chi connectivity index (χ3n) is 3.52. The zero-order valence-electron chi connectivity index (χ0n) is 10.3. The minimum Gasteiger partial charge on any atom is -0.329 e. The molecular formula is C13H18N4. The molecule has 2 heterocycles. The highest BCUT2D eigenvalue weighted by Gasteiger charge is 2.33. The van der Waals surface area contributed by atoms with Crippen LogP contribution in [0.5, 0.6) is 0 Å². The second-order valence-corrected chi connectivity index (χ2v) is 5.49. The monoisotopic (exact) mass is 230 g/mol. The second kappa shape index (κ2) is 3.53. The van der Waals surface area contributed by atoms with E-state index in [0.717, 1.165) is 11.3 Å². The molecule has 0 spiro atoms. The van der Waals surface area contributed by atoms with Gasteiger partial charge in [-0.05, 0) is 18.9 Å². The van der Waals surface area contributed by atoms with E-state index in [0.29, 0.717) is 12.6 Å². The molecule has 0 bridgehead atoms. The Morgan fingerprint density at radius 1 is 1.47 bits per heavy atom. The van der Waals surface area contributed by atoms with Crippen LogP contribution >= 0.6 is 0 Å². The summed E-state index contributed by atoms with van der Waals surface area (Å²) in [5.41, 5.74) is 7.97. The van der Waals surface area contributed by atoms with Crippen molar-refractivity contribution in [3.8, 4) is 0 Å². The van der Waals surface area contributed by atoms with Gasteiger partial charge in [-0.1, -0.05) is 13.8 Å². The van der Waals surface area contributed by atoms with Crippen molar-refractivity contribution in [2.24, 2.45) is 5.73 Å². The Morgan fingerprint density at radius 3 is 2.88 bits per heavy atom. The van der Waals surface area contributed by atoms with Crippen LogP contribution < -0.4 is 5.73 Å². The fraction of sp³-hybridized carbons (Fsp3) is 0.538. The fourth-order valence-electron chi connectivity index (χ4n) is 2.22. The first kappa shape index (κ1) is 10.7. The number of aromatic nitrogens is 3. The summed E-state index contributed by atoms with van der Waals surface area (Å²) < 4.78 is 2.36. The molecule has 1 fully saturated rings. The summed E-state index contributed by atoms with van der Waals surface area (Å²) in [6, 6.07) is 2.67. The number of hydrogen-bond acceptors (Lipinski definition) is 3. The maximum atomic E-state index is 5.88. The molecule has 90 valence electrons. The molecule has 0 aliphatic heterocycles. The van der Waals surface area contributed by atoms with Crippen LogP contribution in [-0.4, -0.2) is 21.1 Å². The second-order valence-electron chi connectivity index (χ2n) is 5.49. The van der Waals surface area contributed by atoms with Gasteiger partial charge in [0.05, 0.1) is 11.7 Å². The average Bonchev–Trinajstić information content (AvgIpc) is 3.09. The summed E-state index contributed by atoms with van der Waals surface area (Å²) in [5, 5.41) is 0. The van der Waals surface area contributed by atoms with Crippen molar-refractivity contribution in [3.63, 3.8) is 0 Å². The van der Waals surface area contributed by atoms with E-state index in [1.807, 2.05) is 12.4 Å². The van der Waals surface area contributed by atoms with E-state index in [1.54, 1.807) is 0 Å². The molecule has 0 radical (unpaired) electrons. The largest absolute Gasteiger partial charge is 0.329 e. The Kier molecular flexibility index (Phi) is 2.23. The Hall–Kier alpha value is -1.42. The average molecular weight is 230 g/mol. The van der Waals surface area contributed by atoms with Crippen molar-refractivity contribution in [2.45, 2.75) is 38.1 Å². The van der Waals surface area contributed by atoms with Gasteiger partial charge >= 0.3 is 0 Å². The van der Waals surface area contributed by atoms with Crippen LogP contribution in [0.2, 0.25) is 0 Å². The van der Waals surface area contributed by atoms with Crippen molar-refractivity contribution in [1.82, 2.24) is 14.5 Å². The van der Waals surface area contributed by atoms with Crippen LogP contribution in [0, 0.1) is 0 Å². The van der Waals surface area contributed by atoms with Crippen LogP contribution in [0.15, 0.2) is 18.5 Å². The Bertz CT molecular complexity index is 552. The van der Waals surface area contributed by atoms with Gasteiger partial charge in [0.1, 0.15) is 11.3 Å². The zero-order valence-corrected chi connectivity index (χ0v) is 10.3. The van der Waals surface area contributed by atoms with E-state index in [1.165, 1.54) is 18.4 Å². The van der Waals surface area contributed by atoms with E-state index in [2.05, 4.69) is 29.5 Å². The summed E-state index contributed by atoms with van der Waals surface area (Å²) in [6.07, 6.45) is 6.18. The molecule has 0 amide bonds. The normalized spacial score (nSPS) is 16.6. The number of imidazole rings is 1. The Morgan fingerprint density at radius 2 is 2.24 bits per heavy atom. The van der Waals surface area contributed by atoms with Crippen molar-refractivity contribution in [2.75, 3.05) is 6.54 Å². The van der Waals surface area contributed by atoms with Crippen LogP contribution in [0.25, 0.3) is 11.0 Å². The topological polar surface area (TPSA) is 56.7 Å². The third-order valence-corrected chi connectivity index (χ3v) is 3.52. The molecule has 0 atom stereocenters. The number of pyridine rings is 1. The van der Waals surface area contributed by atoms with Crippen molar-refractivity contribution < 1.29 is 0 Å². The number of nitrogens with zero attached hydrogens (tertiary/aromatic N) is 3. The third kappa shape index (κ3) is 1.63. The molecular weight excluding hydrogens is 212 g/mol. The summed E-state index contributed by atoms with van der Waals surface area (Å²) >= 11 is 0. The Balaban J connectivity index is 2.26. The van der Waals surface area contributed by atoms with Crippen molar-refractivity contribution in [1.29, 1.82) is 0 Å². The maximum absolute atomic E-state index is 5.88. The molecule has 2 N–H and O–H groups in total. The maximum Gasteiger partial charge on any atom is 0.117 e. The molecule has 4 nitrogen and oxygen atoms in total. The first-order chi connectivity index (χ1) is 8.13. The smallest absolute Gasteiger partial charge is 0.117 e. The van der Waals surface area contributed by atoms with E-state index < -0.39 is 0 Å². The summed E-state index contributed by atoms with van der Waals surface area (Å²) in [4.78, 5) is 8.88. The molecule has 17 heavy (non-hydrogen) atoms. The predicted octanol–water partition coefficient (Wildman–Crippen LogP) is 2.00. The fourth-order valence-corrected chi connectivity index (χ4v) is 2.22. The number of nitrogens with two attached hydrogens (primary N) is 1. The summed E-state index contributed by atoms with van der Waals surface area (Å²) in [7, 11) is 0. The molecule has 3 rings (SSSR count). The molecule has 0 aromatic carbocycles. The predicted molar refractivity (Wildman–Crippen MR) is 67.9 cm³/mol. The minimum absolute atomic E-state index is 0.0817. The Labute approximate surface area is 101 Å².